The van der Waals surface area contributed by atoms with Crippen molar-refractivity contribution in [3.8, 4) is 0 Å². The summed E-state index contributed by atoms with van der Waals surface area (Å²) in [5.74, 6) is -1.00. The van der Waals surface area contributed by atoms with Crippen molar-refractivity contribution in [1.82, 2.24) is 4.31 Å². The summed E-state index contributed by atoms with van der Waals surface area (Å²) < 4.78 is 46.1. The first kappa shape index (κ1) is 19.9. The van der Waals surface area contributed by atoms with E-state index in [4.69, 9.17) is 4.74 Å². The Morgan fingerprint density at radius 1 is 1.26 bits per heavy atom. The van der Waals surface area contributed by atoms with Crippen molar-refractivity contribution in [1.29, 1.82) is 0 Å². The number of morpholine rings is 1. The zero-order chi connectivity index (χ0) is 19.6. The maximum atomic E-state index is 14.3. The zero-order valence-electron chi connectivity index (χ0n) is 15.1. The third-order valence-corrected chi connectivity index (χ3v) is 7.14. The van der Waals surface area contributed by atoms with Gasteiger partial charge in [0.1, 0.15) is 10.7 Å². The molecule has 1 fully saturated rings. The van der Waals surface area contributed by atoms with E-state index in [9.17, 15) is 17.6 Å². The highest BCUT2D eigenvalue weighted by Gasteiger charge is 2.29. The van der Waals surface area contributed by atoms with Gasteiger partial charge in [-0.3, -0.25) is 4.79 Å². The Morgan fingerprint density at radius 3 is 2.63 bits per heavy atom. The van der Waals surface area contributed by atoms with E-state index in [2.05, 4.69) is 5.32 Å². The van der Waals surface area contributed by atoms with E-state index in [0.29, 0.717) is 4.88 Å². The number of nitrogens with zero attached hydrogens (tertiary/aromatic N) is 1. The van der Waals surface area contributed by atoms with Crippen LogP contribution >= 0.6 is 11.3 Å². The van der Waals surface area contributed by atoms with Gasteiger partial charge in [-0.25, -0.2) is 12.8 Å². The Labute approximate surface area is 162 Å². The van der Waals surface area contributed by atoms with Gasteiger partial charge < -0.3 is 10.1 Å². The molecule has 9 heteroatoms. The quantitative estimate of drug-likeness (QED) is 0.818. The number of hydrogen-bond acceptors (Lipinski definition) is 5. The van der Waals surface area contributed by atoms with Crippen LogP contribution in [-0.2, 0) is 14.8 Å². The first-order chi connectivity index (χ1) is 12.8. The monoisotopic (exact) mass is 412 g/mol. The van der Waals surface area contributed by atoms with Gasteiger partial charge in [0.15, 0.2) is 0 Å². The normalized spacial score (nSPS) is 15.9. The van der Waals surface area contributed by atoms with Crippen LogP contribution in [0, 0.1) is 5.82 Å². The molecule has 2 heterocycles. The second-order valence-corrected chi connectivity index (χ2v) is 9.30. The third-order valence-electron chi connectivity index (χ3n) is 4.30. The van der Waals surface area contributed by atoms with Gasteiger partial charge in [0.05, 0.1) is 18.1 Å². The molecule has 27 heavy (non-hydrogen) atoms. The number of benzene rings is 1. The van der Waals surface area contributed by atoms with Gasteiger partial charge in [-0.1, -0.05) is 13.8 Å². The number of carbonyl (C=O) groups excluding carboxylic acids is 1. The van der Waals surface area contributed by atoms with E-state index in [1.807, 2.05) is 25.3 Å². The molecule has 0 unspecified atom stereocenters. The van der Waals surface area contributed by atoms with Crippen LogP contribution in [0.4, 0.5) is 10.1 Å². The summed E-state index contributed by atoms with van der Waals surface area (Å²) >= 11 is 1.31. The average molecular weight is 413 g/mol. The van der Waals surface area contributed by atoms with Crippen molar-refractivity contribution in [2.75, 3.05) is 31.6 Å². The van der Waals surface area contributed by atoms with Crippen molar-refractivity contribution in [3.05, 3.63) is 45.9 Å². The molecule has 3 rings (SSSR count). The van der Waals surface area contributed by atoms with Crippen molar-refractivity contribution in [2.24, 2.45) is 0 Å². The average Bonchev–Trinajstić information content (AvgIpc) is 3.14. The Kier molecular flexibility index (Phi) is 5.95. The van der Waals surface area contributed by atoms with Gasteiger partial charge in [0, 0.05) is 18.8 Å². The Bertz CT molecular complexity index is 935. The van der Waals surface area contributed by atoms with Crippen molar-refractivity contribution < 1.29 is 22.3 Å². The van der Waals surface area contributed by atoms with Crippen LogP contribution in [0.15, 0.2) is 34.5 Å². The molecule has 1 amide bonds. The molecule has 0 saturated carbocycles. The van der Waals surface area contributed by atoms with E-state index in [0.717, 1.165) is 11.6 Å². The molecule has 0 aliphatic carbocycles. The Hall–Kier alpha value is -1.81. The molecule has 1 aliphatic heterocycles. The van der Waals surface area contributed by atoms with Gasteiger partial charge in [-0.05, 0) is 41.1 Å². The third kappa shape index (κ3) is 4.21. The predicted octanol–water partition coefficient (Wildman–Crippen LogP) is 3.28. The molecule has 0 bridgehead atoms. The lowest BCUT2D eigenvalue weighted by Crippen LogP contribution is -2.40. The minimum atomic E-state index is -4.00. The van der Waals surface area contributed by atoms with Crippen LogP contribution in [0.1, 0.15) is 35.0 Å². The highest BCUT2D eigenvalue weighted by Crippen LogP contribution is 2.27. The fourth-order valence-electron chi connectivity index (χ4n) is 2.85. The smallest absolute Gasteiger partial charge is 0.266 e. The van der Waals surface area contributed by atoms with Crippen molar-refractivity contribution in [2.45, 2.75) is 24.7 Å². The second-order valence-electron chi connectivity index (χ2n) is 6.48. The fraction of sp³-hybridized carbons (Fsp3) is 0.389. The minimum absolute atomic E-state index is 0.172. The number of sulfonamides is 1. The van der Waals surface area contributed by atoms with Crippen LogP contribution in [0.2, 0.25) is 0 Å². The minimum Gasteiger partial charge on any atom is -0.379 e. The van der Waals surface area contributed by atoms with Crippen LogP contribution in [-0.4, -0.2) is 44.9 Å². The summed E-state index contributed by atoms with van der Waals surface area (Å²) in [6.07, 6.45) is 0. The van der Waals surface area contributed by atoms with E-state index in [1.54, 1.807) is 0 Å². The number of thiophene rings is 1. The highest BCUT2D eigenvalue weighted by molar-refractivity contribution is 7.89. The Morgan fingerprint density at radius 2 is 1.96 bits per heavy atom. The van der Waals surface area contributed by atoms with Crippen molar-refractivity contribution >= 4 is 33.0 Å². The summed E-state index contributed by atoms with van der Waals surface area (Å²) in [5, 5.41) is 4.52. The summed E-state index contributed by atoms with van der Waals surface area (Å²) in [4.78, 5) is 12.7. The first-order valence-corrected chi connectivity index (χ1v) is 10.9. The molecule has 6 nitrogen and oxygen atoms in total. The van der Waals surface area contributed by atoms with E-state index < -0.39 is 20.7 Å². The lowest BCUT2D eigenvalue weighted by Gasteiger charge is -2.26. The molecular formula is C18H21FN2O4S2. The van der Waals surface area contributed by atoms with Crippen molar-refractivity contribution in [3.63, 3.8) is 0 Å². The topological polar surface area (TPSA) is 75.7 Å². The van der Waals surface area contributed by atoms with E-state index in [-0.39, 0.29) is 43.8 Å². The standard InChI is InChI=1S/C18H21FN2O4S2/c1-12(2)14-5-10-26-17(14)18(22)20-13-3-4-15(19)16(11-13)27(23,24)21-6-8-25-9-7-21/h3-5,10-12H,6-9H2,1-2H3,(H,20,22). The second kappa shape index (κ2) is 8.05. The number of halogens is 1. The number of hydrogen-bond donors (Lipinski definition) is 1. The summed E-state index contributed by atoms with van der Waals surface area (Å²) in [6.45, 7) is 4.87. The van der Waals surface area contributed by atoms with Gasteiger partial charge in [0.25, 0.3) is 5.91 Å². The largest absolute Gasteiger partial charge is 0.379 e. The number of nitrogens with one attached hydrogen (secondary N) is 1. The molecule has 2 aromatic rings. The molecule has 0 radical (unpaired) electrons. The van der Waals surface area contributed by atoms with Gasteiger partial charge in [-0.2, -0.15) is 4.31 Å². The predicted molar refractivity (Wildman–Crippen MR) is 102 cm³/mol. The molecule has 146 valence electrons. The maximum Gasteiger partial charge on any atom is 0.266 e. The van der Waals surface area contributed by atoms with Crippen LogP contribution in [0.5, 0.6) is 0 Å². The molecule has 1 aromatic carbocycles. The van der Waals surface area contributed by atoms with Crippen LogP contribution < -0.4 is 5.32 Å². The van der Waals surface area contributed by atoms with Crippen LogP contribution in [0.25, 0.3) is 0 Å². The first-order valence-electron chi connectivity index (χ1n) is 8.57. The fourth-order valence-corrected chi connectivity index (χ4v) is 5.30. The lowest BCUT2D eigenvalue weighted by molar-refractivity contribution is 0.0729. The summed E-state index contributed by atoms with van der Waals surface area (Å²) in [6, 6.07) is 5.47. The zero-order valence-corrected chi connectivity index (χ0v) is 16.7. The van der Waals surface area contributed by atoms with Gasteiger partial charge in [-0.15, -0.1) is 11.3 Å². The van der Waals surface area contributed by atoms with E-state index in [1.165, 1.54) is 27.8 Å². The number of amides is 1. The number of anilines is 1. The molecule has 1 aliphatic rings. The molecule has 1 saturated heterocycles. The van der Waals surface area contributed by atoms with Crippen LogP contribution in [0.3, 0.4) is 0 Å². The summed E-state index contributed by atoms with van der Waals surface area (Å²) in [5.41, 5.74) is 1.15. The molecule has 0 spiro atoms. The molecule has 1 N–H and O–H groups in total. The molecule has 1 aromatic heterocycles. The maximum absolute atomic E-state index is 14.3. The lowest BCUT2D eigenvalue weighted by atomic mass is 10.0. The number of rotatable bonds is 5. The van der Waals surface area contributed by atoms with Gasteiger partial charge in [0.2, 0.25) is 10.0 Å². The number of carbonyl (C=O) groups is 1. The Balaban J connectivity index is 1.87. The van der Waals surface area contributed by atoms with E-state index >= 15 is 0 Å². The molecule has 0 atom stereocenters. The number of ether oxygens (including phenoxy) is 1. The highest BCUT2D eigenvalue weighted by atomic mass is 32.2. The van der Waals surface area contributed by atoms with Gasteiger partial charge >= 0.3 is 0 Å². The molecular weight excluding hydrogens is 391 g/mol. The SMILES string of the molecule is CC(C)c1ccsc1C(=O)Nc1ccc(F)c(S(=O)(=O)N2CCOCC2)c1. The summed E-state index contributed by atoms with van der Waals surface area (Å²) in [7, 11) is -4.00.